The quantitative estimate of drug-likeness (QED) is 0.158. The Morgan fingerprint density at radius 3 is 2.34 bits per heavy atom. The summed E-state index contributed by atoms with van der Waals surface area (Å²) in [5.74, 6) is -3.42. The van der Waals surface area contributed by atoms with Crippen LogP contribution in [-0.4, -0.2) is 83.5 Å². The van der Waals surface area contributed by atoms with Crippen molar-refractivity contribution in [2.45, 2.75) is 38.3 Å². The number of aliphatic carboxylic acids is 2. The van der Waals surface area contributed by atoms with E-state index < -0.39 is 48.5 Å². The van der Waals surface area contributed by atoms with Gasteiger partial charge in [-0.3, -0.25) is 19.2 Å². The van der Waals surface area contributed by atoms with E-state index in [9.17, 15) is 24.0 Å². The largest absolute Gasteiger partial charge is 0.508 e. The minimum Gasteiger partial charge on any atom is -0.480 e. The molecule has 0 rings (SSSR count). The van der Waals surface area contributed by atoms with Crippen molar-refractivity contribution in [1.29, 1.82) is 0 Å². The van der Waals surface area contributed by atoms with Gasteiger partial charge in [-0.25, -0.2) is 4.79 Å². The topological polar surface area (TPSA) is 194 Å². The second kappa shape index (κ2) is 15.4. The van der Waals surface area contributed by atoms with Gasteiger partial charge < -0.3 is 36.1 Å². The number of thioether (sulfide) groups is 1. The van der Waals surface area contributed by atoms with Gasteiger partial charge in [0.2, 0.25) is 11.8 Å². The summed E-state index contributed by atoms with van der Waals surface area (Å²) in [5.41, 5.74) is 5.32. The number of nitrogens with one attached hydrogen (secondary N) is 2. The first-order valence-electron chi connectivity index (χ1n) is 8.81. The summed E-state index contributed by atoms with van der Waals surface area (Å²) in [6.07, 6.45) is -0.474. The van der Waals surface area contributed by atoms with Gasteiger partial charge in [0.15, 0.2) is 0 Å². The maximum atomic E-state index is 12.1. The Morgan fingerprint density at radius 2 is 1.76 bits per heavy atom. The Balaban J connectivity index is 4.48. The molecule has 0 aromatic rings. The first-order valence-corrected chi connectivity index (χ1v) is 9.97. The number of carboxylic acids is 2. The molecular formula is C16H27N3O9S. The second-order valence-corrected chi connectivity index (χ2v) is 6.89. The molecule has 0 aliphatic rings. The van der Waals surface area contributed by atoms with Crippen LogP contribution < -0.4 is 16.4 Å². The van der Waals surface area contributed by atoms with Crippen molar-refractivity contribution in [1.82, 2.24) is 10.6 Å². The summed E-state index contributed by atoms with van der Waals surface area (Å²) >= 11 is 1.19. The molecule has 0 fully saturated rings. The standard InChI is InChI=1S/C16H27N3O9S/c1-2-5-27-16(26)28-6-7-29-9-11(14(23)18-8-13(21)22)19-12(20)4-3-10(17)15(24)25/h10-11H,2-9,17H2,1H3,(H,18,23)(H,19,20)(H,21,22)(H,24,25). The summed E-state index contributed by atoms with van der Waals surface area (Å²) in [4.78, 5) is 56.5. The van der Waals surface area contributed by atoms with Crippen molar-refractivity contribution in [2.24, 2.45) is 5.73 Å². The van der Waals surface area contributed by atoms with E-state index in [4.69, 9.17) is 25.4 Å². The molecule has 29 heavy (non-hydrogen) atoms. The second-order valence-electron chi connectivity index (χ2n) is 5.74. The average Bonchev–Trinajstić information content (AvgIpc) is 2.67. The lowest BCUT2D eigenvalue weighted by atomic mass is 10.1. The Bertz CT molecular complexity index is 574. The van der Waals surface area contributed by atoms with Crippen LogP contribution in [0.1, 0.15) is 26.2 Å². The average molecular weight is 437 g/mol. The number of rotatable bonds is 15. The third-order valence-electron chi connectivity index (χ3n) is 3.22. The number of hydrogen-bond acceptors (Lipinski definition) is 9. The van der Waals surface area contributed by atoms with Crippen LogP contribution in [0.5, 0.6) is 0 Å². The van der Waals surface area contributed by atoms with Gasteiger partial charge in [0.05, 0.1) is 6.61 Å². The number of ether oxygens (including phenoxy) is 2. The molecule has 0 aliphatic carbocycles. The fourth-order valence-electron chi connectivity index (χ4n) is 1.76. The molecule has 0 radical (unpaired) electrons. The monoisotopic (exact) mass is 437 g/mol. The third-order valence-corrected chi connectivity index (χ3v) is 4.25. The van der Waals surface area contributed by atoms with Gasteiger partial charge in [-0.15, -0.1) is 0 Å². The van der Waals surface area contributed by atoms with E-state index in [2.05, 4.69) is 10.6 Å². The van der Waals surface area contributed by atoms with Crippen LogP contribution in [0.3, 0.4) is 0 Å². The molecule has 12 nitrogen and oxygen atoms in total. The Labute approximate surface area is 171 Å². The highest BCUT2D eigenvalue weighted by Gasteiger charge is 2.22. The predicted molar refractivity (Wildman–Crippen MR) is 102 cm³/mol. The first kappa shape index (κ1) is 26.5. The first-order chi connectivity index (χ1) is 13.7. The zero-order valence-corrected chi connectivity index (χ0v) is 16.9. The molecule has 0 heterocycles. The van der Waals surface area contributed by atoms with Crippen molar-refractivity contribution in [3.05, 3.63) is 0 Å². The van der Waals surface area contributed by atoms with Gasteiger partial charge in [-0.2, -0.15) is 11.8 Å². The molecule has 0 aliphatic heterocycles. The van der Waals surface area contributed by atoms with Gasteiger partial charge in [-0.05, 0) is 12.8 Å². The molecule has 0 spiro atoms. The van der Waals surface area contributed by atoms with Crippen molar-refractivity contribution < 1.29 is 43.7 Å². The summed E-state index contributed by atoms with van der Waals surface area (Å²) in [6.45, 7) is 1.49. The molecule has 2 atom stereocenters. The van der Waals surface area contributed by atoms with Crippen LogP contribution in [0.4, 0.5) is 4.79 Å². The van der Waals surface area contributed by atoms with Crippen molar-refractivity contribution in [2.75, 3.05) is 31.3 Å². The van der Waals surface area contributed by atoms with E-state index in [1.165, 1.54) is 11.8 Å². The van der Waals surface area contributed by atoms with Crippen LogP contribution in [-0.2, 0) is 28.7 Å². The van der Waals surface area contributed by atoms with E-state index in [1.807, 2.05) is 6.92 Å². The minimum atomic E-state index is -1.25. The number of nitrogens with two attached hydrogens (primary N) is 1. The van der Waals surface area contributed by atoms with Gasteiger partial charge in [0.25, 0.3) is 0 Å². The molecule has 0 bridgehead atoms. The van der Waals surface area contributed by atoms with Crippen LogP contribution in [0, 0.1) is 0 Å². The molecular weight excluding hydrogens is 410 g/mol. The van der Waals surface area contributed by atoms with Crippen molar-refractivity contribution >= 4 is 41.7 Å². The highest BCUT2D eigenvalue weighted by molar-refractivity contribution is 7.99. The fraction of sp³-hybridized carbons (Fsp3) is 0.688. The number of carbonyl (C=O) groups excluding carboxylic acids is 3. The lowest BCUT2D eigenvalue weighted by molar-refractivity contribution is -0.139. The highest BCUT2D eigenvalue weighted by Crippen LogP contribution is 2.05. The molecule has 2 amide bonds. The maximum Gasteiger partial charge on any atom is 0.508 e. The zero-order chi connectivity index (χ0) is 22.2. The summed E-state index contributed by atoms with van der Waals surface area (Å²) in [5, 5.41) is 21.9. The van der Waals surface area contributed by atoms with E-state index in [0.29, 0.717) is 12.2 Å². The fourth-order valence-corrected chi connectivity index (χ4v) is 2.60. The smallest absolute Gasteiger partial charge is 0.480 e. The number of carboxylic acid groups (broad SMARTS) is 2. The lowest BCUT2D eigenvalue weighted by Gasteiger charge is -2.18. The number of amides is 2. The molecule has 0 aromatic heterocycles. The van der Waals surface area contributed by atoms with E-state index in [1.54, 1.807) is 0 Å². The molecule has 0 aromatic carbocycles. The van der Waals surface area contributed by atoms with E-state index in [0.717, 1.165) is 0 Å². The molecule has 13 heteroatoms. The van der Waals surface area contributed by atoms with Crippen LogP contribution in [0.25, 0.3) is 0 Å². The SMILES string of the molecule is CCCOC(=O)OCCSCC(NC(=O)CCC(N)C(=O)O)C(=O)NCC(=O)O. The normalized spacial score (nSPS) is 12.3. The van der Waals surface area contributed by atoms with Crippen LogP contribution in [0.15, 0.2) is 0 Å². The molecule has 0 saturated carbocycles. The lowest BCUT2D eigenvalue weighted by Crippen LogP contribution is -2.49. The van der Waals surface area contributed by atoms with Gasteiger partial charge >= 0.3 is 18.1 Å². The number of hydrogen-bond donors (Lipinski definition) is 5. The Morgan fingerprint density at radius 1 is 1.10 bits per heavy atom. The minimum absolute atomic E-state index is 0.0259. The van der Waals surface area contributed by atoms with Gasteiger partial charge in [-0.1, -0.05) is 6.92 Å². The van der Waals surface area contributed by atoms with Gasteiger partial charge in [0, 0.05) is 17.9 Å². The molecule has 0 saturated heterocycles. The molecule has 166 valence electrons. The Kier molecular flexibility index (Phi) is 14.0. The summed E-state index contributed by atoms with van der Waals surface area (Å²) in [7, 11) is 0. The summed E-state index contributed by atoms with van der Waals surface area (Å²) in [6, 6.07) is -2.26. The summed E-state index contributed by atoms with van der Waals surface area (Å²) < 4.78 is 9.54. The maximum absolute atomic E-state index is 12.1. The zero-order valence-electron chi connectivity index (χ0n) is 16.0. The van der Waals surface area contributed by atoms with Crippen molar-refractivity contribution in [3.8, 4) is 0 Å². The third kappa shape index (κ3) is 14.2. The van der Waals surface area contributed by atoms with Crippen molar-refractivity contribution in [3.63, 3.8) is 0 Å². The molecule has 6 N–H and O–H groups in total. The highest BCUT2D eigenvalue weighted by atomic mass is 32.2. The van der Waals surface area contributed by atoms with Gasteiger partial charge in [0.1, 0.15) is 25.2 Å². The Hall–Kier alpha value is -2.54. The van der Waals surface area contributed by atoms with Crippen LogP contribution in [0.2, 0.25) is 0 Å². The molecule has 2 unspecified atom stereocenters. The van der Waals surface area contributed by atoms with E-state index >= 15 is 0 Å². The van der Waals surface area contributed by atoms with Crippen LogP contribution >= 0.6 is 11.8 Å². The van der Waals surface area contributed by atoms with E-state index in [-0.39, 0.29) is 31.8 Å². The number of carbonyl (C=O) groups is 5. The predicted octanol–water partition coefficient (Wildman–Crippen LogP) is -0.839.